The number of imide groups is 1. The van der Waals surface area contributed by atoms with Crippen LogP contribution in [0, 0.1) is 0 Å². The Bertz CT molecular complexity index is 281. The van der Waals surface area contributed by atoms with E-state index in [1.54, 1.807) is 6.92 Å². The number of nitrogens with zero attached hydrogens (tertiary/aromatic N) is 1. The van der Waals surface area contributed by atoms with Crippen LogP contribution in [-0.4, -0.2) is 29.0 Å². The fourth-order valence-corrected chi connectivity index (χ4v) is 1.05. The predicted molar refractivity (Wildman–Crippen MR) is 54.1 cm³/mol. The lowest BCUT2D eigenvalue weighted by molar-refractivity contribution is -0.123. The average molecular weight is 216 g/mol. The normalized spacial score (nSPS) is 25.3. The van der Waals surface area contributed by atoms with Gasteiger partial charge in [-0.1, -0.05) is 19.4 Å². The number of hydrogen-bond acceptors (Lipinski definition) is 5. The molecule has 14 heavy (non-hydrogen) atoms. The summed E-state index contributed by atoms with van der Waals surface area (Å²) in [5.74, 6) is -0.0857. The van der Waals surface area contributed by atoms with Crippen molar-refractivity contribution in [3.8, 4) is 0 Å². The van der Waals surface area contributed by atoms with E-state index in [0.29, 0.717) is 12.5 Å². The van der Waals surface area contributed by atoms with Crippen LogP contribution in [-0.2, 0) is 4.79 Å². The van der Waals surface area contributed by atoms with Crippen LogP contribution < -0.4 is 16.0 Å². The fraction of sp³-hybridized carbons (Fsp3) is 0.429. The third kappa shape index (κ3) is 2.64. The summed E-state index contributed by atoms with van der Waals surface area (Å²) in [6.45, 7) is 5.50. The van der Waals surface area contributed by atoms with E-state index in [9.17, 15) is 9.59 Å². The minimum absolute atomic E-state index is 0.316. The van der Waals surface area contributed by atoms with Gasteiger partial charge in [0.15, 0.2) is 0 Å². The molecule has 1 aliphatic rings. The summed E-state index contributed by atoms with van der Waals surface area (Å²) < 4.78 is 1.46. The lowest BCUT2D eigenvalue weighted by atomic mass is 10.3. The molecular weight excluding hydrogens is 204 g/mol. The Morgan fingerprint density at radius 3 is 2.79 bits per heavy atom. The molecule has 78 valence electrons. The standard InChI is InChI=1S/C7H12N4O2S/c1-4-6(12)10-7(13)9-5(2)8-3-11(4)14/h4,8,14H,2-3H2,1H3,(H2,9,10,12,13)/t4-/m0/s1. The second-order valence-electron chi connectivity index (χ2n) is 2.87. The summed E-state index contributed by atoms with van der Waals surface area (Å²) in [5.41, 5.74) is 0. The first-order chi connectivity index (χ1) is 6.50. The average Bonchev–Trinajstić information content (AvgIpc) is 2.14. The second kappa shape index (κ2) is 4.34. The zero-order chi connectivity index (χ0) is 10.7. The molecule has 0 aliphatic carbocycles. The highest BCUT2D eigenvalue weighted by atomic mass is 32.1. The Morgan fingerprint density at radius 1 is 1.50 bits per heavy atom. The number of amides is 3. The predicted octanol–water partition coefficient (Wildman–Crippen LogP) is -0.621. The van der Waals surface area contributed by atoms with E-state index in [1.807, 2.05) is 0 Å². The molecule has 0 aromatic heterocycles. The van der Waals surface area contributed by atoms with Gasteiger partial charge in [0, 0.05) is 0 Å². The Balaban J connectivity index is 2.75. The van der Waals surface area contributed by atoms with E-state index in [2.05, 4.69) is 35.3 Å². The highest BCUT2D eigenvalue weighted by molar-refractivity contribution is 7.77. The van der Waals surface area contributed by atoms with E-state index in [4.69, 9.17) is 0 Å². The summed E-state index contributed by atoms with van der Waals surface area (Å²) in [6, 6.07) is -1.09. The van der Waals surface area contributed by atoms with E-state index in [1.165, 1.54) is 4.31 Å². The molecule has 1 rings (SSSR count). The fourth-order valence-electron chi connectivity index (χ4n) is 0.878. The Morgan fingerprint density at radius 2 is 2.14 bits per heavy atom. The van der Waals surface area contributed by atoms with Crippen molar-refractivity contribution in [3.05, 3.63) is 12.4 Å². The van der Waals surface area contributed by atoms with Crippen molar-refractivity contribution in [1.82, 2.24) is 20.3 Å². The van der Waals surface area contributed by atoms with Gasteiger partial charge in [0.1, 0.15) is 5.82 Å². The first-order valence-corrected chi connectivity index (χ1v) is 4.41. The Kier molecular flexibility index (Phi) is 3.37. The second-order valence-corrected chi connectivity index (χ2v) is 3.39. The molecule has 0 bridgehead atoms. The maximum atomic E-state index is 11.3. The molecule has 0 unspecified atom stereocenters. The van der Waals surface area contributed by atoms with Crippen molar-refractivity contribution >= 4 is 24.8 Å². The van der Waals surface area contributed by atoms with Crippen molar-refractivity contribution < 1.29 is 9.59 Å². The maximum absolute atomic E-state index is 11.3. The van der Waals surface area contributed by atoms with Gasteiger partial charge in [0.05, 0.1) is 12.7 Å². The number of carbonyl (C=O) groups is 2. The van der Waals surface area contributed by atoms with Gasteiger partial charge in [-0.3, -0.25) is 15.4 Å². The van der Waals surface area contributed by atoms with E-state index < -0.39 is 18.0 Å². The third-order valence-electron chi connectivity index (χ3n) is 1.78. The van der Waals surface area contributed by atoms with Gasteiger partial charge in [-0.05, 0) is 6.92 Å². The van der Waals surface area contributed by atoms with Crippen LogP contribution in [0.15, 0.2) is 12.4 Å². The number of nitrogens with one attached hydrogen (secondary N) is 3. The highest BCUT2D eigenvalue weighted by Gasteiger charge is 2.22. The molecule has 3 amide bonds. The monoisotopic (exact) mass is 216 g/mol. The molecular formula is C7H12N4O2S. The van der Waals surface area contributed by atoms with Gasteiger partial charge < -0.3 is 5.32 Å². The lowest BCUT2D eigenvalue weighted by Crippen LogP contribution is -2.45. The molecule has 6 nitrogen and oxygen atoms in total. The first kappa shape index (κ1) is 10.9. The van der Waals surface area contributed by atoms with Gasteiger partial charge in [-0.15, -0.1) is 0 Å². The minimum Gasteiger partial charge on any atom is -0.358 e. The SMILES string of the molecule is C=C1NCN(S)[C@@H](C)C(=O)NC(=O)N1. The maximum Gasteiger partial charge on any atom is 0.327 e. The highest BCUT2D eigenvalue weighted by Crippen LogP contribution is 2.02. The summed E-state index contributed by atoms with van der Waals surface area (Å²) in [7, 11) is 0. The number of carbonyl (C=O) groups excluding carboxylic acids is 2. The number of rotatable bonds is 0. The number of urea groups is 1. The van der Waals surface area contributed by atoms with Crippen molar-refractivity contribution in [2.75, 3.05) is 6.67 Å². The summed E-state index contributed by atoms with van der Waals surface area (Å²) >= 11 is 4.08. The zero-order valence-electron chi connectivity index (χ0n) is 7.70. The van der Waals surface area contributed by atoms with Crippen LogP contribution in [0.3, 0.4) is 0 Å². The van der Waals surface area contributed by atoms with Gasteiger partial charge in [-0.25, -0.2) is 9.10 Å². The molecule has 3 N–H and O–H groups in total. The number of thiol groups is 1. The van der Waals surface area contributed by atoms with Gasteiger partial charge in [-0.2, -0.15) is 0 Å². The van der Waals surface area contributed by atoms with E-state index in [0.717, 1.165) is 0 Å². The van der Waals surface area contributed by atoms with Crippen LogP contribution in [0.1, 0.15) is 6.92 Å². The first-order valence-electron chi connectivity index (χ1n) is 4.01. The molecule has 7 heteroatoms. The van der Waals surface area contributed by atoms with Crippen LogP contribution >= 0.6 is 12.8 Å². The van der Waals surface area contributed by atoms with Gasteiger partial charge in [0.25, 0.3) is 0 Å². The molecule has 0 spiro atoms. The molecule has 0 saturated carbocycles. The largest absolute Gasteiger partial charge is 0.358 e. The van der Waals surface area contributed by atoms with Crippen LogP contribution in [0.5, 0.6) is 0 Å². The Labute approximate surface area is 87.3 Å². The van der Waals surface area contributed by atoms with Crippen LogP contribution in [0.25, 0.3) is 0 Å². The van der Waals surface area contributed by atoms with E-state index in [-0.39, 0.29) is 0 Å². The van der Waals surface area contributed by atoms with Gasteiger partial charge in [0.2, 0.25) is 5.91 Å². The summed E-state index contributed by atoms with van der Waals surface area (Å²) in [6.07, 6.45) is 0. The molecule has 1 atom stereocenters. The molecule has 0 aromatic rings. The van der Waals surface area contributed by atoms with Crippen LogP contribution in [0.4, 0.5) is 4.79 Å². The lowest BCUT2D eigenvalue weighted by Gasteiger charge is -2.20. The molecule has 1 heterocycles. The molecule has 1 saturated heterocycles. The topological polar surface area (TPSA) is 73.5 Å². The van der Waals surface area contributed by atoms with Gasteiger partial charge >= 0.3 is 6.03 Å². The summed E-state index contributed by atoms with van der Waals surface area (Å²) in [4.78, 5) is 22.4. The van der Waals surface area contributed by atoms with Crippen molar-refractivity contribution in [2.45, 2.75) is 13.0 Å². The molecule has 0 aromatic carbocycles. The van der Waals surface area contributed by atoms with Crippen molar-refractivity contribution in [3.63, 3.8) is 0 Å². The third-order valence-corrected chi connectivity index (χ3v) is 2.27. The van der Waals surface area contributed by atoms with E-state index >= 15 is 0 Å². The Hall–Kier alpha value is -1.21. The molecule has 0 radical (unpaired) electrons. The van der Waals surface area contributed by atoms with Crippen molar-refractivity contribution in [2.24, 2.45) is 0 Å². The molecule has 1 fully saturated rings. The van der Waals surface area contributed by atoms with Crippen LogP contribution in [0.2, 0.25) is 0 Å². The smallest absolute Gasteiger partial charge is 0.327 e. The number of hydrogen-bond donors (Lipinski definition) is 4. The summed E-state index contributed by atoms with van der Waals surface area (Å²) in [5, 5.41) is 7.29. The van der Waals surface area contributed by atoms with Crippen molar-refractivity contribution in [1.29, 1.82) is 0 Å². The molecule has 1 aliphatic heterocycles. The quantitative estimate of drug-likeness (QED) is 0.407. The minimum atomic E-state index is -0.594. The zero-order valence-corrected chi connectivity index (χ0v) is 8.60.